The van der Waals surface area contributed by atoms with Gasteiger partial charge in [-0.2, -0.15) is 0 Å². The molecule has 0 aliphatic heterocycles. The number of carboxylic acid groups (broad SMARTS) is 2. The largest absolute Gasteiger partial charge is 0.478 e. The fourth-order valence-electron chi connectivity index (χ4n) is 5.68. The van der Waals surface area contributed by atoms with Gasteiger partial charge in [-0.15, -0.1) is 0 Å². The van der Waals surface area contributed by atoms with Crippen LogP contribution >= 0.6 is 0 Å². The number of hydrogen-bond donors (Lipinski definition) is 10. The Morgan fingerprint density at radius 2 is 0.636 bits per heavy atom. The molecule has 254 valence electrons. The van der Waals surface area contributed by atoms with Gasteiger partial charge in [0.1, 0.15) is 0 Å². The third-order valence-electron chi connectivity index (χ3n) is 7.82. The van der Waals surface area contributed by atoms with Gasteiger partial charge in [0.15, 0.2) is 0 Å². The molecular weight excluding hydrogens is 576 g/mol. The second-order valence-electron chi connectivity index (χ2n) is 12.2. The molecule has 0 aliphatic carbocycles. The average Bonchev–Trinajstić information content (AvgIpc) is 2.89. The quantitative estimate of drug-likeness (QED) is 0.0887. The Kier molecular flexibility index (Phi) is 17.6. The predicted octanol–water partition coefficient (Wildman–Crippen LogP) is 3.42. The van der Waals surface area contributed by atoms with Gasteiger partial charge in [-0.05, 0) is 110 Å². The zero-order chi connectivity index (χ0) is 33.7. The van der Waals surface area contributed by atoms with Gasteiger partial charge in [-0.25, -0.2) is 9.59 Å². The molecule has 0 aliphatic rings. The van der Waals surface area contributed by atoms with E-state index in [0.29, 0.717) is 0 Å². The molecule has 0 radical (unpaired) electrons. The minimum absolute atomic E-state index is 0.0555. The molecule has 44 heavy (non-hydrogen) atoms. The molecule has 1 aromatic carbocycles. The van der Waals surface area contributed by atoms with Crippen LogP contribution in [0, 0.1) is 0 Å². The third-order valence-corrected chi connectivity index (χ3v) is 7.82. The van der Waals surface area contributed by atoms with Crippen molar-refractivity contribution in [2.24, 2.45) is 0 Å². The van der Waals surface area contributed by atoms with Crippen LogP contribution in [0.5, 0.6) is 0 Å². The van der Waals surface area contributed by atoms with E-state index in [4.69, 9.17) is 0 Å². The molecule has 12 nitrogen and oxygen atoms in total. The summed E-state index contributed by atoms with van der Waals surface area (Å²) in [4.78, 5) is 25.8. The monoisotopic (exact) mass is 630 g/mol. The summed E-state index contributed by atoms with van der Waals surface area (Å²) in [6, 6.07) is 0. The first-order valence-electron chi connectivity index (χ1n) is 15.7. The van der Waals surface area contributed by atoms with E-state index < -0.39 is 77.5 Å². The molecule has 12 heteroatoms. The second-order valence-corrected chi connectivity index (χ2v) is 12.2. The summed E-state index contributed by atoms with van der Waals surface area (Å²) in [5.41, 5.74) is -2.75. The molecular formula is C32H54O12. The molecule has 1 aromatic rings. The predicted molar refractivity (Wildman–Crippen MR) is 162 cm³/mol. The second kappa shape index (κ2) is 19.4. The molecule has 8 atom stereocenters. The minimum atomic E-state index is -1.67. The summed E-state index contributed by atoms with van der Waals surface area (Å²) >= 11 is 0. The van der Waals surface area contributed by atoms with Crippen molar-refractivity contribution in [3.63, 3.8) is 0 Å². The highest BCUT2D eigenvalue weighted by atomic mass is 16.4. The molecule has 0 fully saturated rings. The van der Waals surface area contributed by atoms with E-state index in [0.717, 1.165) is 0 Å². The summed E-state index contributed by atoms with van der Waals surface area (Å²) < 4.78 is 0. The normalized spacial score (nSPS) is 17.4. The van der Waals surface area contributed by atoms with E-state index >= 15 is 0 Å². The van der Waals surface area contributed by atoms with E-state index in [1.165, 1.54) is 6.92 Å². The van der Waals surface area contributed by atoms with Crippen molar-refractivity contribution >= 4 is 11.9 Å². The molecule has 0 bridgehead atoms. The van der Waals surface area contributed by atoms with Gasteiger partial charge in [-0.3, -0.25) is 0 Å². The summed E-state index contributed by atoms with van der Waals surface area (Å²) in [6.07, 6.45) is -7.54. The van der Waals surface area contributed by atoms with Crippen LogP contribution in [0.2, 0.25) is 0 Å². The van der Waals surface area contributed by atoms with Crippen LogP contribution in [0.1, 0.15) is 172 Å². The maximum Gasteiger partial charge on any atom is 0.336 e. The highest BCUT2D eigenvalue weighted by Gasteiger charge is 2.39. The number of carbonyl (C=O) groups is 2. The molecule has 0 aromatic heterocycles. The zero-order valence-corrected chi connectivity index (χ0v) is 26.4. The Balaban J connectivity index is 4.17. The van der Waals surface area contributed by atoms with Gasteiger partial charge in [0.05, 0.1) is 60.0 Å². The fraction of sp³-hybridized carbons (Fsp3) is 0.750. The van der Waals surface area contributed by atoms with Crippen LogP contribution in [0.3, 0.4) is 0 Å². The first-order valence-corrected chi connectivity index (χ1v) is 15.7. The minimum Gasteiger partial charge on any atom is -0.478 e. The smallest absolute Gasteiger partial charge is 0.336 e. The van der Waals surface area contributed by atoms with Crippen molar-refractivity contribution in [1.29, 1.82) is 0 Å². The van der Waals surface area contributed by atoms with Crippen LogP contribution in [0.15, 0.2) is 0 Å². The zero-order valence-electron chi connectivity index (χ0n) is 26.4. The molecule has 8 unspecified atom stereocenters. The van der Waals surface area contributed by atoms with Crippen LogP contribution in [-0.4, -0.2) is 87.4 Å². The summed E-state index contributed by atoms with van der Waals surface area (Å²) in [5, 5.41) is 106. The van der Waals surface area contributed by atoms with E-state index in [2.05, 4.69) is 0 Å². The Bertz CT molecular complexity index is 978. The first-order chi connectivity index (χ1) is 20.5. The van der Waals surface area contributed by atoms with E-state index in [1.54, 1.807) is 20.8 Å². The lowest BCUT2D eigenvalue weighted by atomic mass is 9.76. The summed E-state index contributed by atoms with van der Waals surface area (Å²) in [5.74, 6) is -3.29. The van der Waals surface area contributed by atoms with Crippen molar-refractivity contribution in [2.75, 3.05) is 0 Å². The lowest BCUT2D eigenvalue weighted by Crippen LogP contribution is -2.26. The molecule has 0 saturated heterocycles. The van der Waals surface area contributed by atoms with Gasteiger partial charge < -0.3 is 51.1 Å². The maximum atomic E-state index is 12.9. The highest BCUT2D eigenvalue weighted by Crippen LogP contribution is 2.45. The Hall–Kier alpha value is -2.16. The van der Waals surface area contributed by atoms with E-state index in [-0.39, 0.29) is 93.7 Å². The number of aliphatic hydroxyl groups excluding tert-OH is 8. The Labute approximate surface area is 259 Å². The van der Waals surface area contributed by atoms with Crippen molar-refractivity contribution < 1.29 is 60.7 Å². The topological polar surface area (TPSA) is 236 Å². The molecule has 1 rings (SSSR count). The number of aliphatic hydroxyl groups is 8. The van der Waals surface area contributed by atoms with Gasteiger partial charge in [0, 0.05) is 16.7 Å². The van der Waals surface area contributed by atoms with Crippen LogP contribution in [-0.2, 0) is 0 Å². The number of rotatable bonds is 22. The van der Waals surface area contributed by atoms with Gasteiger partial charge in [-0.1, -0.05) is 0 Å². The van der Waals surface area contributed by atoms with E-state index in [9.17, 15) is 60.7 Å². The fourth-order valence-corrected chi connectivity index (χ4v) is 5.68. The third kappa shape index (κ3) is 12.3. The number of benzene rings is 1. The van der Waals surface area contributed by atoms with Crippen LogP contribution < -0.4 is 0 Å². The summed E-state index contributed by atoms with van der Waals surface area (Å²) in [6.45, 7) is 6.20. The van der Waals surface area contributed by atoms with Crippen molar-refractivity contribution in [3.8, 4) is 0 Å². The first kappa shape index (κ1) is 39.9. The van der Waals surface area contributed by atoms with Crippen molar-refractivity contribution in [1.82, 2.24) is 0 Å². The maximum absolute atomic E-state index is 12.9. The lowest BCUT2D eigenvalue weighted by molar-refractivity contribution is 0.0652. The van der Waals surface area contributed by atoms with Crippen LogP contribution in [0.4, 0.5) is 0 Å². The number of carboxylic acids is 2. The SMILES string of the molecule is CC(O)CCCC(O)c1c(C(=O)O)c(C(O)CCCC(C)O)c(C(O)CCCC(C)O)c(C(O)CCCC(C)O)c1C(=O)O. The highest BCUT2D eigenvalue weighted by molar-refractivity contribution is 6.00. The Morgan fingerprint density at radius 3 is 0.864 bits per heavy atom. The molecule has 0 saturated carbocycles. The van der Waals surface area contributed by atoms with Gasteiger partial charge >= 0.3 is 11.9 Å². The lowest BCUT2D eigenvalue weighted by Gasteiger charge is -2.32. The number of hydrogen-bond acceptors (Lipinski definition) is 10. The molecule has 0 heterocycles. The van der Waals surface area contributed by atoms with E-state index in [1.807, 2.05) is 0 Å². The molecule has 0 amide bonds. The summed E-state index contributed by atoms with van der Waals surface area (Å²) in [7, 11) is 0. The number of aromatic carboxylic acids is 2. The van der Waals surface area contributed by atoms with Crippen molar-refractivity contribution in [2.45, 2.75) is 154 Å². The van der Waals surface area contributed by atoms with Crippen molar-refractivity contribution in [3.05, 3.63) is 33.4 Å². The van der Waals surface area contributed by atoms with Gasteiger partial charge in [0.2, 0.25) is 0 Å². The Morgan fingerprint density at radius 1 is 0.409 bits per heavy atom. The van der Waals surface area contributed by atoms with Gasteiger partial charge in [0.25, 0.3) is 0 Å². The molecule has 0 spiro atoms. The standard InChI is InChI=1S/C32H54O12/c1-17(33)9-5-13-21(37)25-26(22(38)14-6-10-18(2)34)29(31(41)42)28(24(40)16-8-12-20(4)36)30(32(43)44)27(25)23(39)15-7-11-19(3)35/h17-24,33-40H,5-16H2,1-4H3,(H,41,42)(H,43,44). The average molecular weight is 631 g/mol. The van der Waals surface area contributed by atoms with Crippen LogP contribution in [0.25, 0.3) is 0 Å². The molecule has 10 N–H and O–H groups in total.